The predicted molar refractivity (Wildman–Crippen MR) is 146 cm³/mol. The first-order chi connectivity index (χ1) is 18.5. The first-order valence-electron chi connectivity index (χ1n) is 13.4. The van der Waals surface area contributed by atoms with E-state index >= 15 is 4.39 Å². The van der Waals surface area contributed by atoms with Gasteiger partial charge in [-0.1, -0.05) is 30.3 Å². The van der Waals surface area contributed by atoms with Gasteiger partial charge in [-0.05, 0) is 95.7 Å². The Labute approximate surface area is 220 Å². The van der Waals surface area contributed by atoms with E-state index in [-0.39, 0.29) is 12.2 Å². The number of H-pyrrole nitrogens is 1. The van der Waals surface area contributed by atoms with E-state index in [4.69, 9.17) is 0 Å². The van der Waals surface area contributed by atoms with E-state index < -0.39 is 17.4 Å². The number of alkyl halides is 1. The van der Waals surface area contributed by atoms with E-state index in [0.717, 1.165) is 78.1 Å². The van der Waals surface area contributed by atoms with E-state index in [1.54, 1.807) is 0 Å². The van der Waals surface area contributed by atoms with Crippen molar-refractivity contribution in [2.75, 3.05) is 26.3 Å². The van der Waals surface area contributed by atoms with Crippen LogP contribution < -0.4 is 0 Å². The second-order valence-corrected chi connectivity index (χ2v) is 10.6. The van der Waals surface area contributed by atoms with Gasteiger partial charge in [0, 0.05) is 42.3 Å². The molecular weight excluding hydrogens is 485 g/mol. The molecule has 1 aliphatic heterocycles. The average molecular weight is 517 g/mol. The quantitative estimate of drug-likeness (QED) is 0.271. The largest absolute Gasteiger partial charge is 0.503 e. The molecule has 6 heteroatoms. The van der Waals surface area contributed by atoms with Crippen molar-refractivity contribution in [2.45, 2.75) is 32.1 Å². The van der Waals surface area contributed by atoms with Crippen LogP contribution in [-0.4, -0.2) is 41.3 Å². The third-order valence-electron chi connectivity index (χ3n) is 8.07. The molecule has 1 fully saturated rings. The normalized spacial score (nSPS) is 16.5. The van der Waals surface area contributed by atoms with E-state index in [2.05, 4.69) is 52.3 Å². The van der Waals surface area contributed by atoms with Crippen molar-refractivity contribution in [2.24, 2.45) is 5.92 Å². The minimum atomic E-state index is -0.958. The van der Waals surface area contributed by atoms with Gasteiger partial charge in [0.05, 0.1) is 6.67 Å². The lowest BCUT2D eigenvalue weighted by molar-refractivity contribution is 0.0968. The van der Waals surface area contributed by atoms with Gasteiger partial charge >= 0.3 is 0 Å². The van der Waals surface area contributed by atoms with Crippen molar-refractivity contribution >= 4 is 22.0 Å². The fourth-order valence-corrected chi connectivity index (χ4v) is 6.21. The van der Waals surface area contributed by atoms with Gasteiger partial charge < -0.3 is 15.0 Å². The van der Waals surface area contributed by atoms with Crippen molar-refractivity contribution in [3.8, 4) is 5.75 Å². The fourth-order valence-electron chi connectivity index (χ4n) is 6.21. The molecule has 0 bridgehead atoms. The molecule has 1 aromatic heterocycles. The molecular formula is C32H31F3N2O. The maximum absolute atomic E-state index is 15.3. The van der Waals surface area contributed by atoms with Crippen LogP contribution in [0.2, 0.25) is 0 Å². The summed E-state index contributed by atoms with van der Waals surface area (Å²) in [6, 6.07) is 17.3. The van der Waals surface area contributed by atoms with Gasteiger partial charge in [0.2, 0.25) is 0 Å². The highest BCUT2D eigenvalue weighted by Crippen LogP contribution is 2.43. The first-order valence-corrected chi connectivity index (χ1v) is 13.4. The van der Waals surface area contributed by atoms with Crippen LogP contribution in [0.3, 0.4) is 0 Å². The third-order valence-corrected chi connectivity index (χ3v) is 8.07. The number of fused-ring (bicyclic) bond motifs is 3. The molecule has 6 rings (SSSR count). The number of allylic oxidation sites excluding steroid dienone is 1. The second-order valence-electron chi connectivity index (χ2n) is 10.6. The van der Waals surface area contributed by atoms with Gasteiger partial charge in [-0.15, -0.1) is 0 Å². The molecule has 196 valence electrons. The summed E-state index contributed by atoms with van der Waals surface area (Å²) in [5.41, 5.74) is 7.49. The zero-order chi connectivity index (χ0) is 26.2. The first kappa shape index (κ1) is 24.8. The zero-order valence-electron chi connectivity index (χ0n) is 21.2. The van der Waals surface area contributed by atoms with Crippen LogP contribution in [0.25, 0.3) is 22.0 Å². The van der Waals surface area contributed by atoms with Gasteiger partial charge in [0.15, 0.2) is 17.4 Å². The zero-order valence-corrected chi connectivity index (χ0v) is 21.2. The van der Waals surface area contributed by atoms with Crippen LogP contribution in [0.1, 0.15) is 47.1 Å². The Morgan fingerprint density at radius 2 is 1.71 bits per heavy atom. The molecule has 1 saturated heterocycles. The Balaban J connectivity index is 1.40. The monoisotopic (exact) mass is 516 g/mol. The Morgan fingerprint density at radius 1 is 0.921 bits per heavy atom. The molecule has 4 aromatic rings. The highest BCUT2D eigenvalue weighted by atomic mass is 19.1. The molecule has 38 heavy (non-hydrogen) atoms. The number of rotatable bonds is 7. The number of likely N-dealkylation sites (tertiary alicyclic amines) is 1. The molecule has 1 aliphatic carbocycles. The lowest BCUT2D eigenvalue weighted by atomic mass is 9.85. The SMILES string of the molecule is Oc1c(F)ccc(C2=C(c3ccc(CC4CN(CCCF)C4)cc3)c3ccc4[nH]ccc4c3CCC2)c1F. The summed E-state index contributed by atoms with van der Waals surface area (Å²) in [4.78, 5) is 5.59. The number of hydrogen-bond donors (Lipinski definition) is 2. The number of aryl methyl sites for hydroxylation is 1. The van der Waals surface area contributed by atoms with Crippen molar-refractivity contribution in [3.63, 3.8) is 0 Å². The second kappa shape index (κ2) is 10.3. The molecule has 0 amide bonds. The van der Waals surface area contributed by atoms with E-state index in [1.807, 2.05) is 6.20 Å². The molecule has 2 aliphatic rings. The number of aromatic nitrogens is 1. The van der Waals surface area contributed by atoms with Gasteiger partial charge in [-0.25, -0.2) is 8.78 Å². The summed E-state index contributed by atoms with van der Waals surface area (Å²) < 4.78 is 41.6. The summed E-state index contributed by atoms with van der Waals surface area (Å²) in [5, 5.41) is 11.2. The molecule has 3 nitrogen and oxygen atoms in total. The van der Waals surface area contributed by atoms with Crippen LogP contribution in [0.5, 0.6) is 5.75 Å². The minimum Gasteiger partial charge on any atom is -0.503 e. The van der Waals surface area contributed by atoms with Crippen molar-refractivity contribution in [3.05, 3.63) is 100 Å². The molecule has 3 aromatic carbocycles. The number of nitrogens with one attached hydrogen (secondary N) is 1. The predicted octanol–water partition coefficient (Wildman–Crippen LogP) is 7.28. The number of phenolic OH excluding ortho intramolecular Hbond substituents is 1. The highest BCUT2D eigenvalue weighted by Gasteiger charge is 2.27. The smallest absolute Gasteiger partial charge is 0.188 e. The molecule has 0 saturated carbocycles. The van der Waals surface area contributed by atoms with Crippen LogP contribution in [-0.2, 0) is 12.8 Å². The topological polar surface area (TPSA) is 39.3 Å². The Hall–Kier alpha value is -3.51. The summed E-state index contributed by atoms with van der Waals surface area (Å²) in [5.74, 6) is -2.23. The number of aromatic hydroxyl groups is 1. The number of hydrogen-bond acceptors (Lipinski definition) is 2. The number of phenols is 1. The van der Waals surface area contributed by atoms with Crippen LogP contribution in [0.4, 0.5) is 13.2 Å². The molecule has 0 spiro atoms. The molecule has 2 heterocycles. The molecule has 0 unspecified atom stereocenters. The van der Waals surface area contributed by atoms with Gasteiger partial charge in [0.25, 0.3) is 0 Å². The summed E-state index contributed by atoms with van der Waals surface area (Å²) in [6.07, 6.45) is 5.76. The number of benzene rings is 3. The average Bonchev–Trinajstić information content (AvgIpc) is 3.31. The standard InChI is InChI=1S/C32H31F3N2O/c33-14-2-16-37-18-21(19-37)17-20-5-7-22(8-6-20)30-25(27-9-11-28(34)32(38)31(27)35)4-1-3-23-24-13-15-36-29(24)12-10-26(23)30/h5-13,15,21,36,38H,1-4,14,16-19H2. The van der Waals surface area contributed by atoms with E-state index in [1.165, 1.54) is 17.2 Å². The van der Waals surface area contributed by atoms with Crippen LogP contribution in [0.15, 0.2) is 60.8 Å². The van der Waals surface area contributed by atoms with Crippen molar-refractivity contribution in [1.82, 2.24) is 9.88 Å². The fraction of sp³-hybridized carbons (Fsp3) is 0.312. The Morgan fingerprint density at radius 3 is 2.50 bits per heavy atom. The Kier molecular flexibility index (Phi) is 6.75. The van der Waals surface area contributed by atoms with E-state index in [0.29, 0.717) is 18.8 Å². The van der Waals surface area contributed by atoms with Crippen molar-refractivity contribution in [1.29, 1.82) is 0 Å². The summed E-state index contributed by atoms with van der Waals surface area (Å²) in [6.45, 7) is 2.57. The maximum Gasteiger partial charge on any atom is 0.188 e. The maximum atomic E-state index is 15.3. The van der Waals surface area contributed by atoms with Gasteiger partial charge in [-0.2, -0.15) is 0 Å². The third kappa shape index (κ3) is 4.51. The van der Waals surface area contributed by atoms with E-state index in [9.17, 15) is 13.9 Å². The number of aromatic amines is 1. The van der Waals surface area contributed by atoms with Crippen LogP contribution in [0, 0.1) is 17.6 Å². The lowest BCUT2D eigenvalue weighted by Crippen LogP contribution is -2.47. The van der Waals surface area contributed by atoms with Gasteiger partial charge in [-0.3, -0.25) is 4.39 Å². The minimum absolute atomic E-state index is 0.243. The van der Waals surface area contributed by atoms with Gasteiger partial charge in [0.1, 0.15) is 0 Å². The summed E-state index contributed by atoms with van der Waals surface area (Å²) >= 11 is 0. The molecule has 0 atom stereocenters. The summed E-state index contributed by atoms with van der Waals surface area (Å²) in [7, 11) is 0. The highest BCUT2D eigenvalue weighted by molar-refractivity contribution is 6.03. The molecule has 2 N–H and O–H groups in total. The lowest BCUT2D eigenvalue weighted by Gasteiger charge is -2.39. The number of halogens is 3. The Bertz CT molecular complexity index is 1500. The molecule has 0 radical (unpaired) electrons. The van der Waals surface area contributed by atoms with Crippen molar-refractivity contribution < 1.29 is 18.3 Å². The number of nitrogens with zero attached hydrogens (tertiary/aromatic N) is 1. The van der Waals surface area contributed by atoms with Crippen LogP contribution >= 0.6 is 0 Å².